The number of benzene rings is 1. The van der Waals surface area contributed by atoms with E-state index in [2.05, 4.69) is 10.3 Å². The van der Waals surface area contributed by atoms with Gasteiger partial charge in [0.1, 0.15) is 10.8 Å². The molecule has 3 aliphatic heterocycles. The highest BCUT2D eigenvalue weighted by atomic mass is 32.2. The van der Waals surface area contributed by atoms with Crippen molar-refractivity contribution in [2.24, 2.45) is 15.4 Å². The molecule has 3 aliphatic rings. The van der Waals surface area contributed by atoms with E-state index in [1.54, 1.807) is 42.6 Å². The number of aliphatic carboxylic acids is 1. The van der Waals surface area contributed by atoms with E-state index >= 15 is 0 Å². The Hall–Kier alpha value is -1.62. The number of phenols is 1. The smallest absolute Gasteiger partial charge is 0.332 e. The van der Waals surface area contributed by atoms with Gasteiger partial charge in [0.25, 0.3) is 0 Å². The molecule has 7 nitrogen and oxygen atoms in total. The topological polar surface area (TPSA) is 115 Å². The van der Waals surface area contributed by atoms with Crippen LogP contribution in [0.15, 0.2) is 45.0 Å². The van der Waals surface area contributed by atoms with E-state index in [4.69, 9.17) is 4.99 Å². The first kappa shape index (κ1) is 22.6. The van der Waals surface area contributed by atoms with Gasteiger partial charge in [-0.3, -0.25) is 4.99 Å². The Morgan fingerprint density at radius 2 is 2.03 bits per heavy atom. The summed E-state index contributed by atoms with van der Waals surface area (Å²) in [5.41, 5.74) is -0.185. The highest BCUT2D eigenvalue weighted by molar-refractivity contribution is 8.15. The number of aromatic hydroxyl groups is 1. The maximum atomic E-state index is 11.5. The van der Waals surface area contributed by atoms with Crippen LogP contribution in [-0.4, -0.2) is 66.3 Å². The van der Waals surface area contributed by atoms with Gasteiger partial charge in [0.2, 0.25) is 0 Å². The van der Waals surface area contributed by atoms with E-state index in [-0.39, 0.29) is 11.8 Å². The molecule has 0 saturated carbocycles. The predicted octanol–water partition coefficient (Wildman–Crippen LogP) is 3.14. The number of carbonyl (C=O) groups is 1. The van der Waals surface area contributed by atoms with Crippen molar-refractivity contribution in [3.8, 4) is 5.75 Å². The third-order valence-corrected chi connectivity index (χ3v) is 9.44. The summed E-state index contributed by atoms with van der Waals surface area (Å²) in [4.78, 5) is 20.7. The van der Waals surface area contributed by atoms with Gasteiger partial charge in [-0.15, -0.1) is 23.5 Å². The number of thioether (sulfide) groups is 3. The largest absolute Gasteiger partial charge is 0.507 e. The summed E-state index contributed by atoms with van der Waals surface area (Å²) in [5, 5.41) is 36.5. The number of rotatable bonds is 5. The average Bonchev–Trinajstić information content (AvgIpc) is 3.47. The van der Waals surface area contributed by atoms with Gasteiger partial charge >= 0.3 is 5.97 Å². The van der Waals surface area contributed by atoms with E-state index in [0.717, 1.165) is 21.3 Å². The Kier molecular flexibility index (Phi) is 6.10. The van der Waals surface area contributed by atoms with E-state index < -0.39 is 23.0 Å². The monoisotopic (exact) mass is 479 g/mol. The average molecular weight is 480 g/mol. The lowest BCUT2D eigenvalue weighted by atomic mass is 9.83. The van der Waals surface area contributed by atoms with E-state index in [1.807, 2.05) is 26.0 Å². The summed E-state index contributed by atoms with van der Waals surface area (Å²) < 4.78 is 0. The van der Waals surface area contributed by atoms with Crippen LogP contribution in [0.25, 0.3) is 0 Å². The van der Waals surface area contributed by atoms with Gasteiger partial charge in [-0.1, -0.05) is 37.7 Å². The fourth-order valence-corrected chi connectivity index (χ4v) is 7.13. The number of nitrogens with one attached hydrogen (secondary N) is 1. The minimum atomic E-state index is -1.14. The van der Waals surface area contributed by atoms with Crippen LogP contribution in [0.4, 0.5) is 0 Å². The number of phenolic OH excluding ortho intramolecular Hbond substituents is 1. The van der Waals surface area contributed by atoms with Crippen LogP contribution in [0.1, 0.15) is 26.3 Å². The fourth-order valence-electron chi connectivity index (χ4n) is 3.56. The van der Waals surface area contributed by atoms with Crippen molar-refractivity contribution in [1.29, 1.82) is 0 Å². The van der Waals surface area contributed by atoms with Gasteiger partial charge < -0.3 is 20.6 Å². The van der Waals surface area contributed by atoms with Crippen LogP contribution < -0.4 is 5.32 Å². The lowest BCUT2D eigenvalue weighted by Gasteiger charge is -2.34. The van der Waals surface area contributed by atoms with E-state index in [0.29, 0.717) is 22.3 Å². The van der Waals surface area contributed by atoms with Gasteiger partial charge in [-0.25, -0.2) is 9.79 Å². The SMILES string of the molecule is CC1(C(=O)O)CSC(C(C)(C)C(O)C2CS/C(=C3\CSC(c4ccccc4O)=N3)N2)=N1. The maximum absolute atomic E-state index is 11.5. The number of carboxylic acids is 1. The summed E-state index contributed by atoms with van der Waals surface area (Å²) in [6, 6.07) is 6.96. The molecule has 0 spiro atoms. The highest BCUT2D eigenvalue weighted by Gasteiger charge is 2.47. The summed E-state index contributed by atoms with van der Waals surface area (Å²) in [6.07, 6.45) is -0.740. The van der Waals surface area contributed by atoms with Gasteiger partial charge in [0, 0.05) is 28.2 Å². The third kappa shape index (κ3) is 4.22. The maximum Gasteiger partial charge on any atom is 0.332 e. The van der Waals surface area contributed by atoms with Crippen molar-refractivity contribution in [3.63, 3.8) is 0 Å². The lowest BCUT2D eigenvalue weighted by molar-refractivity contribution is -0.141. The Balaban J connectivity index is 1.50. The number of hydrogen-bond acceptors (Lipinski definition) is 9. The van der Waals surface area contributed by atoms with Crippen LogP contribution in [0.2, 0.25) is 0 Å². The molecule has 0 radical (unpaired) electrons. The second-order valence-corrected chi connectivity index (χ2v) is 11.5. The molecule has 4 N–H and O–H groups in total. The summed E-state index contributed by atoms with van der Waals surface area (Å²) >= 11 is 4.62. The molecule has 1 fully saturated rings. The first-order valence-electron chi connectivity index (χ1n) is 9.89. The molecule has 4 rings (SSSR count). The minimum absolute atomic E-state index is 0.197. The van der Waals surface area contributed by atoms with Crippen molar-refractivity contribution in [3.05, 3.63) is 40.6 Å². The zero-order valence-electron chi connectivity index (χ0n) is 17.5. The van der Waals surface area contributed by atoms with Crippen molar-refractivity contribution in [1.82, 2.24) is 5.32 Å². The van der Waals surface area contributed by atoms with Gasteiger partial charge in [-0.05, 0) is 19.1 Å². The molecule has 3 heterocycles. The molecule has 1 aromatic carbocycles. The van der Waals surface area contributed by atoms with Crippen LogP contribution >= 0.6 is 35.3 Å². The Bertz CT molecular complexity index is 1010. The van der Waals surface area contributed by atoms with Gasteiger partial charge in [0.05, 0.1) is 27.9 Å². The zero-order valence-corrected chi connectivity index (χ0v) is 19.9. The quantitative estimate of drug-likeness (QED) is 0.509. The molecule has 1 aromatic rings. The molecular weight excluding hydrogens is 454 g/mol. The first-order valence-corrected chi connectivity index (χ1v) is 12.8. The molecule has 0 amide bonds. The van der Waals surface area contributed by atoms with Crippen molar-refractivity contribution >= 4 is 51.3 Å². The number of para-hydroxylation sites is 1. The lowest BCUT2D eigenvalue weighted by Crippen LogP contribution is -2.48. The highest BCUT2D eigenvalue weighted by Crippen LogP contribution is 2.42. The van der Waals surface area contributed by atoms with Crippen molar-refractivity contribution in [2.45, 2.75) is 38.5 Å². The minimum Gasteiger partial charge on any atom is -0.507 e. The summed E-state index contributed by atoms with van der Waals surface area (Å²) in [6.45, 7) is 5.44. The Morgan fingerprint density at radius 1 is 1.29 bits per heavy atom. The number of nitrogens with zero attached hydrogens (tertiary/aromatic N) is 2. The van der Waals surface area contributed by atoms with E-state index in [9.17, 15) is 20.1 Å². The number of hydrogen-bond donors (Lipinski definition) is 4. The Morgan fingerprint density at radius 3 is 2.71 bits per heavy atom. The number of aliphatic imine (C=N–C) groups is 2. The first-order chi connectivity index (χ1) is 14.6. The molecule has 0 bridgehead atoms. The molecule has 166 valence electrons. The predicted molar refractivity (Wildman–Crippen MR) is 129 cm³/mol. The summed E-state index contributed by atoms with van der Waals surface area (Å²) in [5.74, 6) is 1.02. The third-order valence-electron chi connectivity index (χ3n) is 5.67. The second kappa shape index (κ2) is 8.38. The molecule has 31 heavy (non-hydrogen) atoms. The Labute approximate surface area is 193 Å². The standard InChI is InChI=1S/C21H25N3O4S3/c1-20(2,18-24-21(3,10-31-18)19(27)28)15(26)12-8-30-17(22-12)13-9-29-16(23-13)11-6-4-5-7-14(11)25/h4-7,12,15,22,25-26H,8-10H2,1-3H3,(H,27,28)/b17-13+. The van der Waals surface area contributed by atoms with Crippen LogP contribution in [0.5, 0.6) is 5.75 Å². The van der Waals surface area contributed by atoms with Crippen LogP contribution in [0.3, 0.4) is 0 Å². The molecule has 0 aromatic heterocycles. The molecule has 3 atom stereocenters. The molecular formula is C21H25N3O4S3. The van der Waals surface area contributed by atoms with Gasteiger partial charge in [-0.2, -0.15) is 0 Å². The number of carboxylic acid groups (broad SMARTS) is 1. The molecule has 3 unspecified atom stereocenters. The molecule has 1 saturated heterocycles. The van der Waals surface area contributed by atoms with Crippen molar-refractivity contribution in [2.75, 3.05) is 17.3 Å². The van der Waals surface area contributed by atoms with Gasteiger partial charge in [0.15, 0.2) is 5.54 Å². The summed E-state index contributed by atoms with van der Waals surface area (Å²) in [7, 11) is 0. The number of aliphatic hydroxyl groups is 1. The second-order valence-electron chi connectivity index (χ2n) is 8.51. The van der Waals surface area contributed by atoms with E-state index in [1.165, 1.54) is 11.8 Å². The van der Waals surface area contributed by atoms with Crippen molar-refractivity contribution < 1.29 is 20.1 Å². The fraction of sp³-hybridized carbons (Fsp3) is 0.476. The van der Waals surface area contributed by atoms with Crippen LogP contribution in [-0.2, 0) is 4.79 Å². The normalized spacial score (nSPS) is 29.5. The number of aliphatic hydroxyl groups excluding tert-OH is 1. The molecule has 0 aliphatic carbocycles. The van der Waals surface area contributed by atoms with Crippen LogP contribution in [0, 0.1) is 5.41 Å². The zero-order chi connectivity index (χ0) is 22.4. The molecule has 10 heteroatoms.